The number of hydrogen-bond donors (Lipinski definition) is 0. The predicted octanol–water partition coefficient (Wildman–Crippen LogP) is 8.32. The van der Waals surface area contributed by atoms with Crippen LogP contribution in [0.25, 0.3) is 78.0 Å². The van der Waals surface area contributed by atoms with Gasteiger partial charge in [-0.3, -0.25) is 9.97 Å². The molecule has 0 aliphatic carbocycles. The summed E-state index contributed by atoms with van der Waals surface area (Å²) >= 11 is 0. The molecule has 202 valence electrons. The van der Waals surface area contributed by atoms with Gasteiger partial charge in [-0.05, 0) is 65.7 Å². The van der Waals surface area contributed by atoms with Gasteiger partial charge in [0.15, 0.2) is 5.82 Å². The molecule has 0 unspecified atom stereocenters. The average Bonchev–Trinajstić information content (AvgIpc) is 3.08. The van der Waals surface area contributed by atoms with E-state index >= 15 is 0 Å². The molecule has 0 saturated heterocycles. The Bertz CT molecular complexity index is 2310. The SMILES string of the molecule is Fc1ccc2ccc3ccc(-c4cccc(-c5cccc6nc(-c7ccccn7)nc(-c7ccccn7)c56)c4)nc3c2n1. The minimum atomic E-state index is -0.526. The first-order valence-electron chi connectivity index (χ1n) is 13.8. The van der Waals surface area contributed by atoms with Crippen LogP contribution in [0.4, 0.5) is 4.39 Å². The maximum Gasteiger partial charge on any atom is 0.213 e. The van der Waals surface area contributed by atoms with Crippen molar-refractivity contribution in [3.05, 3.63) is 134 Å². The Balaban J connectivity index is 1.32. The molecule has 43 heavy (non-hydrogen) atoms. The zero-order chi connectivity index (χ0) is 28.8. The number of benzene rings is 3. The van der Waals surface area contributed by atoms with Gasteiger partial charge in [0.25, 0.3) is 0 Å². The summed E-state index contributed by atoms with van der Waals surface area (Å²) in [5.41, 5.74) is 7.83. The first kappa shape index (κ1) is 24.8. The minimum absolute atomic E-state index is 0.526. The van der Waals surface area contributed by atoms with E-state index in [1.54, 1.807) is 18.5 Å². The van der Waals surface area contributed by atoms with E-state index in [9.17, 15) is 4.39 Å². The van der Waals surface area contributed by atoms with E-state index in [-0.39, 0.29) is 0 Å². The van der Waals surface area contributed by atoms with Crippen molar-refractivity contribution in [1.29, 1.82) is 0 Å². The molecule has 0 radical (unpaired) electrons. The number of pyridine rings is 4. The van der Waals surface area contributed by atoms with Crippen LogP contribution < -0.4 is 0 Å². The molecule has 3 aromatic carbocycles. The van der Waals surface area contributed by atoms with E-state index in [0.29, 0.717) is 22.6 Å². The van der Waals surface area contributed by atoms with Gasteiger partial charge in [-0.15, -0.1) is 0 Å². The summed E-state index contributed by atoms with van der Waals surface area (Å²) in [7, 11) is 0. The molecular weight excluding hydrogens is 535 g/mol. The monoisotopic (exact) mass is 556 g/mol. The van der Waals surface area contributed by atoms with Crippen LogP contribution in [0.2, 0.25) is 0 Å². The standard InChI is InChI=1S/C36H21FN6/c37-31-18-16-23-14-13-22-15-17-27(40-33(22)34(23)42-31)25-8-5-7-24(21-25)26-9-6-12-28-32(26)35(29-10-1-3-19-38-29)43-36(41-28)30-11-2-4-20-39-30/h1-21H. The van der Waals surface area contributed by atoms with Crippen LogP contribution >= 0.6 is 0 Å². The molecule has 0 N–H and O–H groups in total. The molecule has 5 heterocycles. The summed E-state index contributed by atoms with van der Waals surface area (Å²) in [4.78, 5) is 28.1. The number of halogens is 1. The van der Waals surface area contributed by atoms with Crippen molar-refractivity contribution in [1.82, 2.24) is 29.9 Å². The highest BCUT2D eigenvalue weighted by atomic mass is 19.1. The minimum Gasteiger partial charge on any atom is -0.255 e. The van der Waals surface area contributed by atoms with E-state index in [4.69, 9.17) is 15.0 Å². The molecule has 0 bridgehead atoms. The second-order valence-electron chi connectivity index (χ2n) is 10.1. The Morgan fingerprint density at radius 1 is 0.488 bits per heavy atom. The Labute approximate surface area is 245 Å². The smallest absolute Gasteiger partial charge is 0.213 e. The van der Waals surface area contributed by atoms with Crippen molar-refractivity contribution in [2.24, 2.45) is 0 Å². The summed E-state index contributed by atoms with van der Waals surface area (Å²) in [5, 5.41) is 2.64. The second kappa shape index (κ2) is 10.2. The lowest BCUT2D eigenvalue weighted by atomic mass is 9.96. The Morgan fingerprint density at radius 2 is 1.19 bits per heavy atom. The largest absolute Gasteiger partial charge is 0.255 e. The molecule has 0 saturated carbocycles. The van der Waals surface area contributed by atoms with E-state index in [1.165, 1.54) is 6.07 Å². The normalized spacial score (nSPS) is 11.4. The van der Waals surface area contributed by atoms with Crippen LogP contribution in [0.5, 0.6) is 0 Å². The average molecular weight is 557 g/mol. The molecule has 8 aromatic rings. The Kier molecular flexibility index (Phi) is 5.86. The summed E-state index contributed by atoms with van der Waals surface area (Å²) in [6.45, 7) is 0. The van der Waals surface area contributed by atoms with Crippen LogP contribution in [0.1, 0.15) is 0 Å². The number of nitrogens with zero attached hydrogens (tertiary/aromatic N) is 6. The van der Waals surface area contributed by atoms with Crippen molar-refractivity contribution in [3.8, 4) is 45.3 Å². The number of fused-ring (bicyclic) bond motifs is 4. The zero-order valence-corrected chi connectivity index (χ0v) is 22.7. The fourth-order valence-corrected chi connectivity index (χ4v) is 5.47. The predicted molar refractivity (Wildman–Crippen MR) is 167 cm³/mol. The highest BCUT2D eigenvalue weighted by molar-refractivity contribution is 6.05. The van der Waals surface area contributed by atoms with Crippen LogP contribution in [0.3, 0.4) is 0 Å². The maximum absolute atomic E-state index is 14.1. The third-order valence-electron chi connectivity index (χ3n) is 7.48. The molecule has 7 heteroatoms. The third-order valence-corrected chi connectivity index (χ3v) is 7.48. The first-order valence-corrected chi connectivity index (χ1v) is 13.8. The van der Waals surface area contributed by atoms with Gasteiger partial charge < -0.3 is 0 Å². The van der Waals surface area contributed by atoms with Crippen molar-refractivity contribution in [2.45, 2.75) is 0 Å². The summed E-state index contributed by atoms with van der Waals surface area (Å²) < 4.78 is 14.1. The Hall–Kier alpha value is -5.95. The van der Waals surface area contributed by atoms with Gasteiger partial charge in [-0.2, -0.15) is 4.39 Å². The fraction of sp³-hybridized carbons (Fsp3) is 0. The third kappa shape index (κ3) is 4.44. The molecule has 0 spiro atoms. The lowest BCUT2D eigenvalue weighted by molar-refractivity contribution is 0.589. The van der Waals surface area contributed by atoms with Gasteiger partial charge in [0.2, 0.25) is 5.95 Å². The van der Waals surface area contributed by atoms with Crippen molar-refractivity contribution < 1.29 is 4.39 Å². The summed E-state index contributed by atoms with van der Waals surface area (Å²) in [6, 6.07) is 36.8. The van der Waals surface area contributed by atoms with Gasteiger partial charge in [-0.25, -0.2) is 19.9 Å². The number of aromatic nitrogens is 6. The van der Waals surface area contributed by atoms with Gasteiger partial charge in [0.05, 0.1) is 27.9 Å². The van der Waals surface area contributed by atoms with E-state index in [2.05, 4.69) is 33.2 Å². The molecule has 0 atom stereocenters. The molecule has 0 amide bonds. The second-order valence-corrected chi connectivity index (χ2v) is 10.1. The van der Waals surface area contributed by atoms with Gasteiger partial charge in [0, 0.05) is 34.1 Å². The topological polar surface area (TPSA) is 77.3 Å². The maximum atomic E-state index is 14.1. The van der Waals surface area contributed by atoms with Crippen molar-refractivity contribution in [2.75, 3.05) is 0 Å². The molecular formula is C36H21FN6. The van der Waals surface area contributed by atoms with Crippen LogP contribution in [-0.2, 0) is 0 Å². The summed E-state index contributed by atoms with van der Waals surface area (Å²) in [5.74, 6) is 0.0135. The first-order chi connectivity index (χ1) is 21.2. The highest BCUT2D eigenvalue weighted by Crippen LogP contribution is 2.37. The van der Waals surface area contributed by atoms with Gasteiger partial charge in [0.1, 0.15) is 11.4 Å². The number of hydrogen-bond acceptors (Lipinski definition) is 6. The van der Waals surface area contributed by atoms with Gasteiger partial charge in [-0.1, -0.05) is 60.7 Å². The molecule has 0 aliphatic rings. The van der Waals surface area contributed by atoms with Crippen LogP contribution in [-0.4, -0.2) is 29.9 Å². The van der Waals surface area contributed by atoms with E-state index in [1.807, 2.05) is 84.9 Å². The number of rotatable bonds is 4. The lowest BCUT2D eigenvalue weighted by Gasteiger charge is -2.13. The van der Waals surface area contributed by atoms with Gasteiger partial charge >= 0.3 is 0 Å². The molecule has 8 rings (SSSR count). The van der Waals surface area contributed by atoms with E-state index in [0.717, 1.165) is 55.4 Å². The Morgan fingerprint density at radius 3 is 1.98 bits per heavy atom. The quantitative estimate of drug-likeness (QED) is 0.160. The molecule has 0 fully saturated rings. The fourth-order valence-electron chi connectivity index (χ4n) is 5.47. The van der Waals surface area contributed by atoms with Crippen LogP contribution in [0.15, 0.2) is 128 Å². The molecule has 0 aliphatic heterocycles. The van der Waals surface area contributed by atoms with Crippen molar-refractivity contribution in [3.63, 3.8) is 0 Å². The summed E-state index contributed by atoms with van der Waals surface area (Å²) in [6.07, 6.45) is 3.50. The van der Waals surface area contributed by atoms with Crippen molar-refractivity contribution >= 4 is 32.7 Å². The van der Waals surface area contributed by atoms with Crippen LogP contribution in [0, 0.1) is 5.95 Å². The highest BCUT2D eigenvalue weighted by Gasteiger charge is 2.17. The molecule has 6 nitrogen and oxygen atoms in total. The zero-order valence-electron chi connectivity index (χ0n) is 22.7. The molecule has 5 aromatic heterocycles. The van der Waals surface area contributed by atoms with E-state index < -0.39 is 5.95 Å². The lowest BCUT2D eigenvalue weighted by Crippen LogP contribution is -1.99.